The first kappa shape index (κ1) is 15.2. The molecule has 0 saturated carbocycles. The molecule has 1 atom stereocenters. The molecule has 0 N–H and O–H groups in total. The Morgan fingerprint density at radius 2 is 1.88 bits per heavy atom. The van der Waals surface area contributed by atoms with Crippen molar-refractivity contribution in [1.29, 1.82) is 0 Å². The summed E-state index contributed by atoms with van der Waals surface area (Å²) in [6, 6.07) is 0. The van der Waals surface area contributed by atoms with Gasteiger partial charge in [-0.15, -0.1) is 0 Å². The van der Waals surface area contributed by atoms with E-state index in [1.54, 1.807) is 0 Å². The van der Waals surface area contributed by atoms with Crippen LogP contribution in [0.1, 0.15) is 27.2 Å². The lowest BCUT2D eigenvalue weighted by Crippen LogP contribution is -2.35. The van der Waals surface area contributed by atoms with Crippen LogP contribution in [0.4, 0.5) is 0 Å². The van der Waals surface area contributed by atoms with E-state index in [9.17, 15) is 4.79 Å². The van der Waals surface area contributed by atoms with E-state index in [-0.39, 0.29) is 11.9 Å². The molecule has 0 aromatic carbocycles. The van der Waals surface area contributed by atoms with Gasteiger partial charge in [0, 0.05) is 5.92 Å². The van der Waals surface area contributed by atoms with E-state index >= 15 is 0 Å². The van der Waals surface area contributed by atoms with E-state index in [2.05, 4.69) is 5.16 Å². The van der Waals surface area contributed by atoms with Crippen LogP contribution >= 0.6 is 0 Å². The van der Waals surface area contributed by atoms with E-state index in [1.807, 2.05) is 40.4 Å². The summed E-state index contributed by atoms with van der Waals surface area (Å²) in [6.07, 6.45) is 0.840. The van der Waals surface area contributed by atoms with Crippen LogP contribution in [0.2, 0.25) is 19.6 Å². The Hall–Kier alpha value is -0.843. The van der Waals surface area contributed by atoms with Gasteiger partial charge >= 0.3 is 5.97 Å². The van der Waals surface area contributed by atoms with Gasteiger partial charge in [-0.25, -0.2) is 4.79 Å². The third kappa shape index (κ3) is 5.90. The van der Waals surface area contributed by atoms with Crippen LogP contribution in [0.5, 0.6) is 0 Å². The fourth-order valence-electron chi connectivity index (χ4n) is 0.986. The van der Waals surface area contributed by atoms with Crippen molar-refractivity contribution in [2.45, 2.75) is 46.8 Å². The normalized spacial score (nSPS) is 14.5. The van der Waals surface area contributed by atoms with Crippen molar-refractivity contribution in [1.82, 2.24) is 0 Å². The highest BCUT2D eigenvalue weighted by atomic mass is 28.4. The SMILES string of the molecule is CCO/N=C(/C(=O)O[Si](C)(C)C)C(C)CC. The fourth-order valence-corrected chi connectivity index (χ4v) is 1.65. The second-order valence-electron chi connectivity index (χ2n) is 4.71. The molecule has 0 aromatic rings. The molecule has 0 aliphatic rings. The minimum Gasteiger partial charge on any atom is -0.515 e. The molecule has 16 heavy (non-hydrogen) atoms. The lowest BCUT2D eigenvalue weighted by molar-refractivity contribution is -0.128. The number of oxime groups is 1. The van der Waals surface area contributed by atoms with Gasteiger partial charge in [0.2, 0.25) is 8.32 Å². The van der Waals surface area contributed by atoms with Gasteiger partial charge in [0.25, 0.3) is 0 Å². The second kappa shape index (κ2) is 6.68. The first-order valence-corrected chi connectivity index (χ1v) is 9.15. The van der Waals surface area contributed by atoms with E-state index < -0.39 is 8.32 Å². The summed E-state index contributed by atoms with van der Waals surface area (Å²) in [4.78, 5) is 16.8. The molecule has 0 heterocycles. The summed E-state index contributed by atoms with van der Waals surface area (Å²) in [7, 11) is -1.87. The van der Waals surface area contributed by atoms with Crippen LogP contribution in [0.3, 0.4) is 0 Å². The van der Waals surface area contributed by atoms with E-state index in [1.165, 1.54) is 0 Å². The fraction of sp³-hybridized carbons (Fsp3) is 0.818. The molecule has 0 aliphatic carbocycles. The molecule has 0 bridgehead atoms. The van der Waals surface area contributed by atoms with Gasteiger partial charge in [-0.05, 0) is 33.0 Å². The maximum absolute atomic E-state index is 11.9. The molecule has 1 unspecified atom stereocenters. The standard InChI is InChI=1S/C11H23NO3Si/c1-7-9(3)10(12-14-8-2)11(13)15-16(4,5)6/h9H,7-8H2,1-6H3/b12-10+. The highest BCUT2D eigenvalue weighted by Gasteiger charge is 2.26. The van der Waals surface area contributed by atoms with Gasteiger partial charge in [-0.3, -0.25) is 0 Å². The number of carbonyl (C=O) groups is 1. The molecule has 0 aromatic heterocycles. The zero-order valence-corrected chi connectivity index (χ0v) is 12.2. The summed E-state index contributed by atoms with van der Waals surface area (Å²) in [6.45, 7) is 12.2. The molecule has 5 heteroatoms. The first-order valence-electron chi connectivity index (χ1n) is 5.75. The predicted octanol–water partition coefficient (Wildman–Crippen LogP) is 2.80. The summed E-state index contributed by atoms with van der Waals surface area (Å²) in [5.74, 6) is -0.266. The van der Waals surface area contributed by atoms with Crippen LogP contribution in [0.25, 0.3) is 0 Å². The molecule has 0 saturated heterocycles. The van der Waals surface area contributed by atoms with Crippen molar-refractivity contribution in [2.75, 3.05) is 6.61 Å². The lowest BCUT2D eigenvalue weighted by Gasteiger charge is -2.19. The predicted molar refractivity (Wildman–Crippen MR) is 68.0 cm³/mol. The van der Waals surface area contributed by atoms with E-state index in [0.717, 1.165) is 6.42 Å². The summed E-state index contributed by atoms with van der Waals surface area (Å²) >= 11 is 0. The molecule has 0 aliphatic heterocycles. The summed E-state index contributed by atoms with van der Waals surface area (Å²) in [5, 5.41) is 3.86. The van der Waals surface area contributed by atoms with Crippen molar-refractivity contribution < 1.29 is 14.1 Å². The Morgan fingerprint density at radius 3 is 2.25 bits per heavy atom. The van der Waals surface area contributed by atoms with E-state index in [4.69, 9.17) is 9.26 Å². The third-order valence-electron chi connectivity index (χ3n) is 1.98. The molecule has 0 spiro atoms. The number of rotatable bonds is 6. The van der Waals surface area contributed by atoms with Gasteiger partial charge in [0.15, 0.2) is 5.71 Å². The zero-order valence-electron chi connectivity index (χ0n) is 11.2. The number of hydrogen-bond donors (Lipinski definition) is 0. The Kier molecular flexibility index (Phi) is 6.33. The minimum absolute atomic E-state index is 0.0652. The van der Waals surface area contributed by atoms with Crippen molar-refractivity contribution in [3.63, 3.8) is 0 Å². The topological polar surface area (TPSA) is 47.9 Å². The Bertz CT molecular complexity index is 258. The smallest absolute Gasteiger partial charge is 0.343 e. The van der Waals surface area contributed by atoms with Gasteiger partial charge in [0.1, 0.15) is 6.61 Å². The van der Waals surface area contributed by atoms with Crippen LogP contribution in [0.15, 0.2) is 5.16 Å². The van der Waals surface area contributed by atoms with Gasteiger partial charge in [-0.2, -0.15) is 0 Å². The van der Waals surface area contributed by atoms with Gasteiger partial charge in [0.05, 0.1) is 0 Å². The molecular weight excluding hydrogens is 222 g/mol. The van der Waals surface area contributed by atoms with Crippen molar-refractivity contribution in [3.05, 3.63) is 0 Å². The molecule has 0 fully saturated rings. The molecule has 0 radical (unpaired) electrons. The summed E-state index contributed by atoms with van der Waals surface area (Å²) < 4.78 is 5.41. The van der Waals surface area contributed by atoms with Crippen LogP contribution in [0, 0.1) is 5.92 Å². The molecule has 0 amide bonds. The Balaban J connectivity index is 4.70. The quantitative estimate of drug-likeness (QED) is 0.411. The molecule has 4 nitrogen and oxygen atoms in total. The van der Waals surface area contributed by atoms with E-state index in [0.29, 0.717) is 12.3 Å². The second-order valence-corrected chi connectivity index (χ2v) is 9.13. The maximum Gasteiger partial charge on any atom is 0.343 e. The van der Waals surface area contributed by atoms with Crippen molar-refractivity contribution in [3.8, 4) is 0 Å². The highest BCUT2D eigenvalue weighted by Crippen LogP contribution is 2.10. The number of carbonyl (C=O) groups excluding carboxylic acids is 1. The number of hydrogen-bond acceptors (Lipinski definition) is 4. The van der Waals surface area contributed by atoms with Crippen molar-refractivity contribution in [2.24, 2.45) is 11.1 Å². The zero-order chi connectivity index (χ0) is 12.8. The largest absolute Gasteiger partial charge is 0.515 e. The van der Waals surface area contributed by atoms with Gasteiger partial charge < -0.3 is 9.26 Å². The minimum atomic E-state index is -1.87. The Labute approximate surface area is 99.1 Å². The van der Waals surface area contributed by atoms with Crippen LogP contribution in [-0.4, -0.2) is 26.6 Å². The molecular formula is C11H23NO3Si. The molecule has 0 rings (SSSR count). The van der Waals surface area contributed by atoms with Gasteiger partial charge in [-0.1, -0.05) is 19.0 Å². The number of nitrogens with zero attached hydrogens (tertiary/aromatic N) is 1. The first-order chi connectivity index (χ1) is 7.31. The monoisotopic (exact) mass is 245 g/mol. The Morgan fingerprint density at radius 1 is 1.31 bits per heavy atom. The van der Waals surface area contributed by atoms with Crippen LogP contribution < -0.4 is 0 Å². The average Bonchev–Trinajstić information content (AvgIpc) is 2.15. The maximum atomic E-state index is 11.9. The molecule has 94 valence electrons. The lowest BCUT2D eigenvalue weighted by atomic mass is 10.0. The average molecular weight is 245 g/mol. The van der Waals surface area contributed by atoms with Crippen molar-refractivity contribution >= 4 is 20.0 Å². The van der Waals surface area contributed by atoms with Crippen LogP contribution in [-0.2, 0) is 14.1 Å². The third-order valence-corrected chi connectivity index (χ3v) is 2.78. The highest BCUT2D eigenvalue weighted by molar-refractivity contribution is 6.72. The summed E-state index contributed by atoms with van der Waals surface area (Å²) in [5.41, 5.74) is 0.395.